The Hall–Kier alpha value is -1.36. The zero-order valence-corrected chi connectivity index (χ0v) is 8.82. The Kier molecular flexibility index (Phi) is 4.83. The molecular weight excluding hydrogens is 194 g/mol. The maximum absolute atomic E-state index is 12.8. The van der Waals surface area contributed by atoms with Gasteiger partial charge in [0.2, 0.25) is 0 Å². The van der Waals surface area contributed by atoms with Crippen LogP contribution in [0.3, 0.4) is 0 Å². The second-order valence-electron chi connectivity index (χ2n) is 3.35. The summed E-state index contributed by atoms with van der Waals surface area (Å²) in [6.45, 7) is 2.07. The van der Waals surface area contributed by atoms with Gasteiger partial charge in [-0.3, -0.25) is 0 Å². The quantitative estimate of drug-likeness (QED) is 0.664. The SMILES string of the molecule is CCCC#CCCc1ccc(F)c(F)c1. The summed E-state index contributed by atoms with van der Waals surface area (Å²) in [5.74, 6) is 4.44. The molecule has 0 unspecified atom stereocenters. The molecule has 2 heteroatoms. The van der Waals surface area contributed by atoms with Gasteiger partial charge in [-0.1, -0.05) is 13.0 Å². The Morgan fingerprint density at radius 3 is 2.47 bits per heavy atom. The third kappa shape index (κ3) is 4.12. The van der Waals surface area contributed by atoms with Gasteiger partial charge in [-0.15, -0.1) is 11.8 Å². The molecule has 15 heavy (non-hydrogen) atoms. The van der Waals surface area contributed by atoms with Crippen molar-refractivity contribution in [3.05, 3.63) is 35.4 Å². The second-order valence-corrected chi connectivity index (χ2v) is 3.35. The normalized spacial score (nSPS) is 9.53. The van der Waals surface area contributed by atoms with Crippen molar-refractivity contribution in [1.82, 2.24) is 0 Å². The van der Waals surface area contributed by atoms with Crippen LogP contribution in [0.25, 0.3) is 0 Å². The Morgan fingerprint density at radius 1 is 1.07 bits per heavy atom. The molecule has 0 aliphatic heterocycles. The summed E-state index contributed by atoms with van der Waals surface area (Å²) >= 11 is 0. The highest BCUT2D eigenvalue weighted by Gasteiger charge is 2.01. The van der Waals surface area contributed by atoms with Crippen LogP contribution in [-0.4, -0.2) is 0 Å². The van der Waals surface area contributed by atoms with Crippen molar-refractivity contribution in [2.75, 3.05) is 0 Å². The molecule has 0 aromatic heterocycles. The highest BCUT2D eigenvalue weighted by molar-refractivity contribution is 5.19. The van der Waals surface area contributed by atoms with Gasteiger partial charge in [-0.05, 0) is 30.5 Å². The fraction of sp³-hybridized carbons (Fsp3) is 0.385. The minimum Gasteiger partial charge on any atom is -0.204 e. The maximum atomic E-state index is 12.8. The first-order valence-corrected chi connectivity index (χ1v) is 5.13. The highest BCUT2D eigenvalue weighted by atomic mass is 19.2. The first-order chi connectivity index (χ1) is 7.24. The van der Waals surface area contributed by atoms with E-state index < -0.39 is 11.6 Å². The Morgan fingerprint density at radius 2 is 1.80 bits per heavy atom. The third-order valence-corrected chi connectivity index (χ3v) is 2.02. The van der Waals surface area contributed by atoms with Crippen LogP contribution in [0.2, 0.25) is 0 Å². The van der Waals surface area contributed by atoms with Crippen LogP contribution in [0.5, 0.6) is 0 Å². The van der Waals surface area contributed by atoms with Crippen molar-refractivity contribution >= 4 is 0 Å². The van der Waals surface area contributed by atoms with Gasteiger partial charge < -0.3 is 0 Å². The first kappa shape index (κ1) is 11.7. The van der Waals surface area contributed by atoms with Crippen molar-refractivity contribution in [1.29, 1.82) is 0 Å². The molecule has 0 amide bonds. The lowest BCUT2D eigenvalue weighted by molar-refractivity contribution is 0.507. The number of aryl methyl sites for hydroxylation is 1. The molecule has 0 N–H and O–H groups in total. The van der Waals surface area contributed by atoms with Crippen LogP contribution in [0.4, 0.5) is 8.78 Å². The molecule has 0 spiro atoms. The van der Waals surface area contributed by atoms with E-state index >= 15 is 0 Å². The summed E-state index contributed by atoms with van der Waals surface area (Å²) in [6, 6.07) is 3.99. The zero-order valence-electron chi connectivity index (χ0n) is 8.82. The number of halogens is 2. The van der Waals surface area contributed by atoms with E-state index in [2.05, 4.69) is 18.8 Å². The second kappa shape index (κ2) is 6.19. The molecule has 0 fully saturated rings. The Labute approximate surface area is 89.3 Å². The Balaban J connectivity index is 2.45. The molecule has 0 saturated heterocycles. The van der Waals surface area contributed by atoms with Crippen LogP contribution in [0.1, 0.15) is 31.7 Å². The van der Waals surface area contributed by atoms with E-state index in [9.17, 15) is 8.78 Å². The number of benzene rings is 1. The van der Waals surface area contributed by atoms with Crippen molar-refractivity contribution in [2.45, 2.75) is 32.6 Å². The zero-order chi connectivity index (χ0) is 11.1. The number of unbranched alkanes of at least 4 members (excludes halogenated alkanes) is 1. The molecule has 1 rings (SSSR count). The van der Waals surface area contributed by atoms with Gasteiger partial charge in [0, 0.05) is 12.8 Å². The summed E-state index contributed by atoms with van der Waals surface area (Å²) < 4.78 is 25.4. The molecular formula is C13H14F2. The molecule has 1 aromatic rings. The standard InChI is InChI=1S/C13H14F2/c1-2-3-4-5-6-7-11-8-9-12(14)13(15)10-11/h8-10H,2-3,6-7H2,1H3. The monoisotopic (exact) mass is 208 g/mol. The van der Waals surface area contributed by atoms with E-state index in [0.29, 0.717) is 12.8 Å². The summed E-state index contributed by atoms with van der Waals surface area (Å²) in [4.78, 5) is 0. The molecule has 0 aliphatic rings. The molecule has 0 aliphatic carbocycles. The first-order valence-electron chi connectivity index (χ1n) is 5.13. The minimum absolute atomic E-state index is 0.675. The lowest BCUT2D eigenvalue weighted by atomic mass is 10.1. The largest absolute Gasteiger partial charge is 0.204 e. The fourth-order valence-corrected chi connectivity index (χ4v) is 1.20. The highest BCUT2D eigenvalue weighted by Crippen LogP contribution is 2.09. The van der Waals surface area contributed by atoms with Crippen molar-refractivity contribution in [3.8, 4) is 11.8 Å². The average Bonchev–Trinajstić information content (AvgIpc) is 2.23. The third-order valence-electron chi connectivity index (χ3n) is 2.02. The van der Waals surface area contributed by atoms with E-state index in [1.54, 1.807) is 6.07 Å². The van der Waals surface area contributed by atoms with Gasteiger partial charge in [0.1, 0.15) is 0 Å². The molecule has 0 nitrogen and oxygen atoms in total. The van der Waals surface area contributed by atoms with Gasteiger partial charge in [-0.2, -0.15) is 0 Å². The molecule has 0 atom stereocenters. The maximum Gasteiger partial charge on any atom is 0.159 e. The lowest BCUT2D eigenvalue weighted by Gasteiger charge is -1.98. The molecule has 0 saturated carbocycles. The lowest BCUT2D eigenvalue weighted by Crippen LogP contribution is -1.89. The number of hydrogen-bond acceptors (Lipinski definition) is 0. The molecule has 0 bridgehead atoms. The molecule has 0 radical (unpaired) electrons. The molecule has 80 valence electrons. The van der Waals surface area contributed by atoms with Crippen LogP contribution >= 0.6 is 0 Å². The van der Waals surface area contributed by atoms with Crippen molar-refractivity contribution < 1.29 is 8.78 Å². The van der Waals surface area contributed by atoms with Gasteiger partial charge in [-0.25, -0.2) is 8.78 Å². The Bertz CT molecular complexity index is 372. The summed E-state index contributed by atoms with van der Waals surface area (Å²) in [6.07, 6.45) is 3.33. The summed E-state index contributed by atoms with van der Waals surface area (Å²) in [7, 11) is 0. The molecule has 0 heterocycles. The van der Waals surface area contributed by atoms with Crippen molar-refractivity contribution in [3.63, 3.8) is 0 Å². The van der Waals surface area contributed by atoms with Gasteiger partial charge >= 0.3 is 0 Å². The van der Waals surface area contributed by atoms with Gasteiger partial charge in [0.25, 0.3) is 0 Å². The van der Waals surface area contributed by atoms with E-state index in [1.807, 2.05) is 0 Å². The van der Waals surface area contributed by atoms with Crippen LogP contribution < -0.4 is 0 Å². The van der Waals surface area contributed by atoms with Crippen molar-refractivity contribution in [2.24, 2.45) is 0 Å². The summed E-state index contributed by atoms with van der Waals surface area (Å²) in [5, 5.41) is 0. The van der Waals surface area contributed by atoms with Gasteiger partial charge in [0.05, 0.1) is 0 Å². The topological polar surface area (TPSA) is 0 Å². The van der Waals surface area contributed by atoms with Crippen LogP contribution in [-0.2, 0) is 6.42 Å². The molecule has 1 aromatic carbocycles. The van der Waals surface area contributed by atoms with Gasteiger partial charge in [0.15, 0.2) is 11.6 Å². The number of hydrogen-bond donors (Lipinski definition) is 0. The van der Waals surface area contributed by atoms with Crippen LogP contribution in [0.15, 0.2) is 18.2 Å². The predicted octanol–water partition coefficient (Wildman–Crippen LogP) is 3.70. The van der Waals surface area contributed by atoms with Crippen LogP contribution in [0, 0.1) is 23.5 Å². The van der Waals surface area contributed by atoms with E-state index in [4.69, 9.17) is 0 Å². The minimum atomic E-state index is -0.796. The smallest absolute Gasteiger partial charge is 0.159 e. The predicted molar refractivity (Wildman–Crippen MR) is 57.4 cm³/mol. The number of rotatable bonds is 3. The summed E-state index contributed by atoms with van der Waals surface area (Å²) in [5.41, 5.74) is 0.791. The average molecular weight is 208 g/mol. The van der Waals surface area contributed by atoms with E-state index in [-0.39, 0.29) is 0 Å². The fourth-order valence-electron chi connectivity index (χ4n) is 1.20. The van der Waals surface area contributed by atoms with E-state index in [1.165, 1.54) is 6.07 Å². The van der Waals surface area contributed by atoms with E-state index in [0.717, 1.165) is 24.5 Å².